The number of primary amides is 1. The van der Waals surface area contributed by atoms with Gasteiger partial charge in [0.05, 0.1) is 0 Å². The summed E-state index contributed by atoms with van der Waals surface area (Å²) in [5.41, 5.74) is 6.56. The second-order valence-electron chi connectivity index (χ2n) is 5.16. The van der Waals surface area contributed by atoms with Crippen LogP contribution in [0.25, 0.3) is 0 Å². The number of benzene rings is 1. The van der Waals surface area contributed by atoms with Gasteiger partial charge in [-0.2, -0.15) is 0 Å². The molecule has 3 heteroatoms. The molecule has 0 unspecified atom stereocenters. The van der Waals surface area contributed by atoms with Crippen molar-refractivity contribution in [3.05, 3.63) is 35.9 Å². The molecule has 18 heavy (non-hydrogen) atoms. The molecule has 0 bridgehead atoms. The van der Waals surface area contributed by atoms with Gasteiger partial charge in [-0.05, 0) is 30.7 Å². The molecule has 1 amide bonds. The van der Waals surface area contributed by atoms with Crippen molar-refractivity contribution in [1.82, 2.24) is 5.32 Å². The fraction of sp³-hybridized carbons (Fsp3) is 0.533. The first-order valence-electron chi connectivity index (χ1n) is 6.81. The normalized spacial score (nSPS) is 23.1. The maximum atomic E-state index is 10.7. The Morgan fingerprint density at radius 2 is 2.06 bits per heavy atom. The zero-order valence-corrected chi connectivity index (χ0v) is 10.8. The first-order chi connectivity index (χ1) is 8.75. The molecule has 1 aliphatic carbocycles. The third-order valence-corrected chi connectivity index (χ3v) is 3.78. The summed E-state index contributed by atoms with van der Waals surface area (Å²) in [7, 11) is 0. The zero-order valence-electron chi connectivity index (χ0n) is 10.8. The summed E-state index contributed by atoms with van der Waals surface area (Å²) in [5.74, 6) is 0.473. The lowest BCUT2D eigenvalue weighted by Gasteiger charge is -2.21. The Bertz CT molecular complexity index is 377. The Balaban J connectivity index is 1.82. The van der Waals surface area contributed by atoms with E-state index in [9.17, 15) is 4.79 Å². The molecule has 2 atom stereocenters. The van der Waals surface area contributed by atoms with Crippen molar-refractivity contribution in [3.8, 4) is 0 Å². The van der Waals surface area contributed by atoms with Crippen molar-refractivity contribution in [3.63, 3.8) is 0 Å². The number of hydrogen-bond acceptors (Lipinski definition) is 2. The minimum absolute atomic E-state index is 0.222. The predicted octanol–water partition coefficient (Wildman–Crippen LogP) is 1.86. The highest BCUT2D eigenvalue weighted by molar-refractivity contribution is 5.73. The van der Waals surface area contributed by atoms with Crippen molar-refractivity contribution in [2.45, 2.75) is 38.1 Å². The monoisotopic (exact) mass is 246 g/mol. The van der Waals surface area contributed by atoms with E-state index < -0.39 is 0 Å². The quantitative estimate of drug-likeness (QED) is 0.805. The molecular formula is C15H22N2O. The summed E-state index contributed by atoms with van der Waals surface area (Å²) < 4.78 is 0. The van der Waals surface area contributed by atoms with Gasteiger partial charge in [-0.3, -0.25) is 4.79 Å². The predicted molar refractivity (Wildman–Crippen MR) is 73.1 cm³/mol. The van der Waals surface area contributed by atoms with E-state index in [1.165, 1.54) is 24.8 Å². The van der Waals surface area contributed by atoms with Crippen molar-refractivity contribution >= 4 is 5.91 Å². The van der Waals surface area contributed by atoms with Gasteiger partial charge in [0.1, 0.15) is 0 Å². The summed E-state index contributed by atoms with van der Waals surface area (Å²) in [6.07, 6.45) is 5.36. The van der Waals surface area contributed by atoms with Gasteiger partial charge in [-0.1, -0.05) is 36.8 Å². The molecule has 3 N–H and O–H groups in total. The van der Waals surface area contributed by atoms with Crippen molar-refractivity contribution in [1.29, 1.82) is 0 Å². The van der Waals surface area contributed by atoms with Gasteiger partial charge in [0.15, 0.2) is 0 Å². The minimum Gasteiger partial charge on any atom is -0.370 e. The Hall–Kier alpha value is -1.35. The topological polar surface area (TPSA) is 55.1 Å². The van der Waals surface area contributed by atoms with Crippen molar-refractivity contribution < 1.29 is 4.79 Å². The van der Waals surface area contributed by atoms with Crippen molar-refractivity contribution in [2.24, 2.45) is 11.7 Å². The molecule has 1 aromatic carbocycles. The Morgan fingerprint density at radius 3 is 2.78 bits per heavy atom. The van der Waals surface area contributed by atoms with Crippen LogP contribution in [-0.2, 0) is 11.2 Å². The Morgan fingerprint density at radius 1 is 1.28 bits per heavy atom. The fourth-order valence-electron chi connectivity index (χ4n) is 2.85. The SMILES string of the molecule is NC(=O)CCN[C@H]1CCC[C@@H]1Cc1ccccc1. The maximum Gasteiger partial charge on any atom is 0.218 e. The van der Waals surface area contributed by atoms with E-state index in [0.29, 0.717) is 24.9 Å². The number of nitrogens with two attached hydrogens (primary N) is 1. The zero-order chi connectivity index (χ0) is 12.8. The Kier molecular flexibility index (Phi) is 4.76. The van der Waals surface area contributed by atoms with Gasteiger partial charge in [0, 0.05) is 19.0 Å². The van der Waals surface area contributed by atoms with E-state index in [4.69, 9.17) is 5.73 Å². The lowest BCUT2D eigenvalue weighted by Crippen LogP contribution is -2.35. The van der Waals surface area contributed by atoms with Gasteiger partial charge in [-0.15, -0.1) is 0 Å². The lowest BCUT2D eigenvalue weighted by atomic mass is 9.94. The van der Waals surface area contributed by atoms with Crippen molar-refractivity contribution in [2.75, 3.05) is 6.54 Å². The Labute approximate surface area is 109 Å². The molecule has 0 heterocycles. The van der Waals surface area contributed by atoms with Crippen LogP contribution in [-0.4, -0.2) is 18.5 Å². The van der Waals surface area contributed by atoms with Crippen LogP contribution in [0.3, 0.4) is 0 Å². The molecule has 0 aliphatic heterocycles. The van der Waals surface area contributed by atoms with E-state index in [-0.39, 0.29) is 5.91 Å². The summed E-state index contributed by atoms with van der Waals surface area (Å²) in [4.78, 5) is 10.7. The third kappa shape index (κ3) is 3.84. The third-order valence-electron chi connectivity index (χ3n) is 3.78. The van der Waals surface area contributed by atoms with Crippen LogP contribution >= 0.6 is 0 Å². The molecule has 1 fully saturated rings. The number of amides is 1. The second kappa shape index (κ2) is 6.55. The number of hydrogen-bond donors (Lipinski definition) is 2. The van der Waals surface area contributed by atoms with E-state index in [2.05, 4.69) is 35.6 Å². The first kappa shape index (κ1) is 13.1. The highest BCUT2D eigenvalue weighted by atomic mass is 16.1. The molecule has 1 saturated carbocycles. The highest BCUT2D eigenvalue weighted by Gasteiger charge is 2.26. The van der Waals surface area contributed by atoms with Crippen LogP contribution in [0.5, 0.6) is 0 Å². The largest absolute Gasteiger partial charge is 0.370 e. The fourth-order valence-corrected chi connectivity index (χ4v) is 2.85. The molecule has 2 rings (SSSR count). The average Bonchev–Trinajstić information content (AvgIpc) is 2.78. The molecule has 98 valence electrons. The molecule has 0 spiro atoms. The smallest absolute Gasteiger partial charge is 0.218 e. The molecular weight excluding hydrogens is 224 g/mol. The second-order valence-corrected chi connectivity index (χ2v) is 5.16. The first-order valence-corrected chi connectivity index (χ1v) is 6.81. The number of carbonyl (C=O) groups is 1. The van der Waals surface area contributed by atoms with Crippen LogP contribution in [0.15, 0.2) is 30.3 Å². The highest BCUT2D eigenvalue weighted by Crippen LogP contribution is 2.28. The van der Waals surface area contributed by atoms with Gasteiger partial charge in [-0.25, -0.2) is 0 Å². The van der Waals surface area contributed by atoms with Crippen LogP contribution in [0.2, 0.25) is 0 Å². The molecule has 0 saturated heterocycles. The maximum absolute atomic E-state index is 10.7. The average molecular weight is 246 g/mol. The van der Waals surface area contributed by atoms with Gasteiger partial charge in [0.25, 0.3) is 0 Å². The standard InChI is InChI=1S/C15H22N2O/c16-15(18)9-10-17-14-8-4-7-13(14)11-12-5-2-1-3-6-12/h1-3,5-6,13-14,17H,4,7-11H2,(H2,16,18)/t13-,14+/m1/s1. The molecule has 0 radical (unpaired) electrons. The van der Waals surface area contributed by atoms with E-state index >= 15 is 0 Å². The van der Waals surface area contributed by atoms with Crippen LogP contribution < -0.4 is 11.1 Å². The minimum atomic E-state index is -0.222. The lowest BCUT2D eigenvalue weighted by molar-refractivity contribution is -0.117. The molecule has 1 aromatic rings. The van der Waals surface area contributed by atoms with E-state index in [1.54, 1.807) is 0 Å². The van der Waals surface area contributed by atoms with E-state index in [0.717, 1.165) is 6.42 Å². The van der Waals surface area contributed by atoms with Gasteiger partial charge < -0.3 is 11.1 Å². The van der Waals surface area contributed by atoms with Crippen LogP contribution in [0, 0.1) is 5.92 Å². The van der Waals surface area contributed by atoms with Gasteiger partial charge >= 0.3 is 0 Å². The van der Waals surface area contributed by atoms with Crippen LogP contribution in [0.1, 0.15) is 31.2 Å². The molecule has 0 aromatic heterocycles. The number of rotatable bonds is 6. The number of nitrogens with one attached hydrogen (secondary N) is 1. The molecule has 3 nitrogen and oxygen atoms in total. The number of carbonyl (C=O) groups excluding carboxylic acids is 1. The summed E-state index contributed by atoms with van der Waals surface area (Å²) >= 11 is 0. The molecule has 1 aliphatic rings. The van der Waals surface area contributed by atoms with E-state index in [1.807, 2.05) is 0 Å². The van der Waals surface area contributed by atoms with Gasteiger partial charge in [0.2, 0.25) is 5.91 Å². The summed E-state index contributed by atoms with van der Waals surface area (Å²) in [6.45, 7) is 0.714. The summed E-state index contributed by atoms with van der Waals surface area (Å²) in [5, 5.41) is 3.48. The summed E-state index contributed by atoms with van der Waals surface area (Å²) in [6, 6.07) is 11.2. The van der Waals surface area contributed by atoms with Crippen LogP contribution in [0.4, 0.5) is 0 Å².